The van der Waals surface area contributed by atoms with E-state index in [1.165, 1.54) is 18.2 Å². The molecule has 0 fully saturated rings. The number of ketones is 1. The summed E-state index contributed by atoms with van der Waals surface area (Å²) in [5.74, 6) is -1.80. The van der Waals surface area contributed by atoms with Crippen LogP contribution in [0.2, 0.25) is 0 Å². The number of carbonyl (C=O) groups excluding carboxylic acids is 1. The summed E-state index contributed by atoms with van der Waals surface area (Å²) in [5.41, 5.74) is -0.380. The second-order valence-corrected chi connectivity index (χ2v) is 2.49. The van der Waals surface area contributed by atoms with Gasteiger partial charge in [-0.1, -0.05) is 30.3 Å². The van der Waals surface area contributed by atoms with Gasteiger partial charge in [-0.3, -0.25) is 14.9 Å². The number of hydrogen-bond acceptors (Lipinski definition) is 3. The van der Waals surface area contributed by atoms with Gasteiger partial charge in [0.15, 0.2) is 0 Å². The highest BCUT2D eigenvalue weighted by atomic mass is 19.3. The number of nitro groups is 1. The Morgan fingerprint density at radius 2 is 1.79 bits per heavy atom. The highest BCUT2D eigenvalue weighted by molar-refractivity contribution is 6.00. The lowest BCUT2D eigenvalue weighted by atomic mass is 10.1. The Labute approximate surface area is 77.3 Å². The molecule has 14 heavy (non-hydrogen) atoms. The number of rotatable bonds is 3. The zero-order valence-electron chi connectivity index (χ0n) is 6.81. The molecule has 4 nitrogen and oxygen atoms in total. The van der Waals surface area contributed by atoms with E-state index < -0.39 is 16.8 Å². The number of alkyl halides is 2. The molecule has 0 aliphatic rings. The Kier molecular flexibility index (Phi) is 2.55. The molecule has 74 valence electrons. The molecule has 0 heterocycles. The van der Waals surface area contributed by atoms with E-state index in [-0.39, 0.29) is 5.56 Å². The van der Waals surface area contributed by atoms with Crippen molar-refractivity contribution < 1.29 is 18.5 Å². The van der Waals surface area contributed by atoms with Crippen molar-refractivity contribution in [1.29, 1.82) is 0 Å². The van der Waals surface area contributed by atoms with Gasteiger partial charge in [0.05, 0.1) is 0 Å². The highest BCUT2D eigenvalue weighted by Crippen LogP contribution is 2.20. The van der Waals surface area contributed by atoms with Crippen LogP contribution in [0.3, 0.4) is 0 Å². The molecule has 0 saturated carbocycles. The number of benzene rings is 1. The fraction of sp³-hybridized carbons (Fsp3) is 0.125. The van der Waals surface area contributed by atoms with Gasteiger partial charge >= 0.3 is 11.8 Å². The first-order chi connectivity index (χ1) is 6.46. The molecular formula is C8H5F2NO3. The van der Waals surface area contributed by atoms with Crippen LogP contribution in [0.4, 0.5) is 8.78 Å². The molecular weight excluding hydrogens is 196 g/mol. The molecule has 0 radical (unpaired) electrons. The molecule has 0 bridgehead atoms. The van der Waals surface area contributed by atoms with Crippen LogP contribution in [-0.2, 0) is 0 Å². The summed E-state index contributed by atoms with van der Waals surface area (Å²) < 4.78 is 25.2. The van der Waals surface area contributed by atoms with Crippen LogP contribution in [0.5, 0.6) is 0 Å². The van der Waals surface area contributed by atoms with Gasteiger partial charge in [-0.25, -0.2) is 0 Å². The fourth-order valence-electron chi connectivity index (χ4n) is 0.846. The maximum atomic E-state index is 12.6. The van der Waals surface area contributed by atoms with Crippen LogP contribution >= 0.6 is 0 Å². The van der Waals surface area contributed by atoms with E-state index in [9.17, 15) is 23.7 Å². The van der Waals surface area contributed by atoms with Crippen molar-refractivity contribution in [2.45, 2.75) is 6.05 Å². The van der Waals surface area contributed by atoms with Gasteiger partial charge in [0.25, 0.3) is 0 Å². The Hall–Kier alpha value is -1.85. The van der Waals surface area contributed by atoms with E-state index in [1.54, 1.807) is 0 Å². The predicted octanol–water partition coefficient (Wildman–Crippen LogP) is 1.74. The van der Waals surface area contributed by atoms with Crippen molar-refractivity contribution >= 4 is 5.78 Å². The average molecular weight is 201 g/mol. The third-order valence-corrected chi connectivity index (χ3v) is 1.54. The lowest BCUT2D eigenvalue weighted by Crippen LogP contribution is -2.37. The minimum Gasteiger partial charge on any atom is -0.279 e. The normalized spacial score (nSPS) is 11.0. The molecule has 0 amide bonds. The summed E-state index contributed by atoms with van der Waals surface area (Å²) in [6.45, 7) is 0. The molecule has 0 unspecified atom stereocenters. The minimum absolute atomic E-state index is 0.380. The van der Waals surface area contributed by atoms with Gasteiger partial charge in [0, 0.05) is 5.56 Å². The lowest BCUT2D eigenvalue weighted by Gasteiger charge is -2.04. The third kappa shape index (κ3) is 1.73. The summed E-state index contributed by atoms with van der Waals surface area (Å²) in [6.07, 6.45) is 0. The van der Waals surface area contributed by atoms with Crippen molar-refractivity contribution in [3.8, 4) is 0 Å². The van der Waals surface area contributed by atoms with E-state index in [1.807, 2.05) is 0 Å². The highest BCUT2D eigenvalue weighted by Gasteiger charge is 2.53. The second-order valence-electron chi connectivity index (χ2n) is 2.49. The van der Waals surface area contributed by atoms with E-state index in [0.717, 1.165) is 12.1 Å². The SMILES string of the molecule is O=C(c1ccccc1)C(F)(F)[N+](=O)[O-]. The third-order valence-electron chi connectivity index (χ3n) is 1.54. The van der Waals surface area contributed by atoms with Crippen molar-refractivity contribution in [3.63, 3.8) is 0 Å². The average Bonchev–Trinajstić information content (AvgIpc) is 2.17. The summed E-state index contributed by atoms with van der Waals surface area (Å²) in [7, 11) is 0. The molecule has 0 N–H and O–H groups in total. The van der Waals surface area contributed by atoms with Crippen LogP contribution in [0, 0.1) is 10.1 Å². The number of halogens is 2. The molecule has 1 rings (SSSR count). The van der Waals surface area contributed by atoms with Crippen LogP contribution < -0.4 is 0 Å². The van der Waals surface area contributed by atoms with Crippen molar-refractivity contribution in [1.82, 2.24) is 0 Å². The zero-order chi connectivity index (χ0) is 10.8. The monoisotopic (exact) mass is 201 g/mol. The van der Waals surface area contributed by atoms with Gasteiger partial charge in [-0.15, -0.1) is 8.78 Å². The minimum atomic E-state index is -4.55. The maximum absolute atomic E-state index is 12.6. The molecule has 6 heteroatoms. The first-order valence-corrected chi connectivity index (χ1v) is 3.58. The molecule has 0 aliphatic heterocycles. The van der Waals surface area contributed by atoms with Crippen LogP contribution in [-0.4, -0.2) is 16.8 Å². The number of Topliss-reactive ketones (excluding diaryl/α,β-unsaturated/α-hetero) is 1. The first kappa shape index (κ1) is 10.2. The predicted molar refractivity (Wildman–Crippen MR) is 42.7 cm³/mol. The number of nitrogens with zero attached hydrogens (tertiary/aromatic N) is 1. The van der Waals surface area contributed by atoms with E-state index in [0.29, 0.717) is 0 Å². The molecule has 1 aromatic rings. The van der Waals surface area contributed by atoms with E-state index >= 15 is 0 Å². The Bertz CT molecular complexity index is 364. The van der Waals surface area contributed by atoms with Crippen LogP contribution in [0.25, 0.3) is 0 Å². The van der Waals surface area contributed by atoms with E-state index in [2.05, 4.69) is 0 Å². The Balaban J connectivity index is 3.03. The Morgan fingerprint density at radius 1 is 1.29 bits per heavy atom. The Morgan fingerprint density at radius 3 is 2.21 bits per heavy atom. The van der Waals surface area contributed by atoms with Crippen molar-refractivity contribution in [2.24, 2.45) is 0 Å². The van der Waals surface area contributed by atoms with Crippen molar-refractivity contribution in [3.05, 3.63) is 46.0 Å². The molecule has 0 atom stereocenters. The lowest BCUT2D eigenvalue weighted by molar-refractivity contribution is -0.619. The fourth-order valence-corrected chi connectivity index (χ4v) is 0.846. The molecule has 0 aromatic heterocycles. The quantitative estimate of drug-likeness (QED) is 0.324. The molecule has 0 spiro atoms. The summed E-state index contributed by atoms with van der Waals surface area (Å²) in [5, 5.41) is 9.87. The smallest absolute Gasteiger partial charge is 0.279 e. The number of hydrogen-bond donors (Lipinski definition) is 0. The van der Waals surface area contributed by atoms with Gasteiger partial charge in [-0.2, -0.15) is 0 Å². The van der Waals surface area contributed by atoms with Gasteiger partial charge in [-0.05, 0) is 0 Å². The summed E-state index contributed by atoms with van der Waals surface area (Å²) in [6, 6.07) is 1.86. The maximum Gasteiger partial charge on any atom is 0.577 e. The molecule has 1 aromatic carbocycles. The van der Waals surface area contributed by atoms with Gasteiger partial charge in [0.2, 0.25) is 0 Å². The second kappa shape index (κ2) is 3.49. The topological polar surface area (TPSA) is 60.2 Å². The molecule has 0 saturated heterocycles. The van der Waals surface area contributed by atoms with Crippen LogP contribution in [0.15, 0.2) is 30.3 Å². The van der Waals surface area contributed by atoms with Gasteiger partial charge in [0.1, 0.15) is 4.92 Å². The van der Waals surface area contributed by atoms with Gasteiger partial charge < -0.3 is 0 Å². The zero-order valence-corrected chi connectivity index (χ0v) is 6.81. The largest absolute Gasteiger partial charge is 0.577 e. The summed E-state index contributed by atoms with van der Waals surface area (Å²) >= 11 is 0. The van der Waals surface area contributed by atoms with Crippen molar-refractivity contribution in [2.75, 3.05) is 0 Å². The standard InChI is InChI=1S/C8H5F2NO3/c9-8(10,11(13)14)7(12)6-4-2-1-3-5-6/h1-5H. The summed E-state index contributed by atoms with van der Waals surface area (Å²) in [4.78, 5) is 18.9. The van der Waals surface area contributed by atoms with E-state index in [4.69, 9.17) is 0 Å². The van der Waals surface area contributed by atoms with Crippen LogP contribution in [0.1, 0.15) is 10.4 Å². The number of carbonyl (C=O) groups is 1. The first-order valence-electron chi connectivity index (χ1n) is 3.58. The molecule has 0 aliphatic carbocycles.